The standard InChI is InChI=1S/C24H25N3O4/c1-15-7-8-16(2)20(11-15)31-22-10-9-17(13-26-22)12-25-21(28)14-27-23(29)18-5-3-4-6-19(18)24(27)30/h3-4,7-11,13,18-19H,5-6,12,14H2,1-2H3,(H,25,28)/t18-,19+. The minimum absolute atomic E-state index is 0.244. The van der Waals surface area contributed by atoms with Gasteiger partial charge in [-0.2, -0.15) is 0 Å². The fourth-order valence-electron chi connectivity index (χ4n) is 3.93. The monoisotopic (exact) mass is 419 g/mol. The van der Waals surface area contributed by atoms with Crippen LogP contribution in [0.25, 0.3) is 0 Å². The van der Waals surface area contributed by atoms with Crippen LogP contribution in [0.3, 0.4) is 0 Å². The number of hydrogen-bond donors (Lipinski definition) is 1. The maximum absolute atomic E-state index is 12.5. The lowest BCUT2D eigenvalue weighted by Crippen LogP contribution is -2.40. The summed E-state index contributed by atoms with van der Waals surface area (Å²) >= 11 is 0. The molecule has 0 bridgehead atoms. The highest BCUT2D eigenvalue weighted by Crippen LogP contribution is 2.34. The van der Waals surface area contributed by atoms with Crippen LogP contribution in [0.15, 0.2) is 48.7 Å². The van der Waals surface area contributed by atoms with Crippen molar-refractivity contribution in [2.45, 2.75) is 33.2 Å². The molecule has 1 aliphatic heterocycles. The first-order valence-electron chi connectivity index (χ1n) is 10.4. The fourth-order valence-corrected chi connectivity index (χ4v) is 3.93. The number of fused-ring (bicyclic) bond motifs is 1. The normalized spacial score (nSPS) is 20.0. The maximum atomic E-state index is 12.5. The van der Waals surface area contributed by atoms with Gasteiger partial charge in [-0.15, -0.1) is 0 Å². The highest BCUT2D eigenvalue weighted by Gasteiger charge is 2.47. The van der Waals surface area contributed by atoms with Crippen molar-refractivity contribution in [1.82, 2.24) is 15.2 Å². The molecule has 0 radical (unpaired) electrons. The highest BCUT2D eigenvalue weighted by molar-refractivity contribution is 6.07. The molecule has 1 aliphatic carbocycles. The van der Waals surface area contributed by atoms with Crippen molar-refractivity contribution < 1.29 is 19.1 Å². The lowest BCUT2D eigenvalue weighted by Gasteiger charge is -2.14. The van der Waals surface area contributed by atoms with Crippen molar-refractivity contribution in [3.63, 3.8) is 0 Å². The quantitative estimate of drug-likeness (QED) is 0.574. The molecular weight excluding hydrogens is 394 g/mol. The molecule has 1 aromatic heterocycles. The summed E-state index contributed by atoms with van der Waals surface area (Å²) in [6, 6.07) is 9.54. The van der Waals surface area contributed by atoms with Crippen LogP contribution >= 0.6 is 0 Å². The number of rotatable bonds is 6. The van der Waals surface area contributed by atoms with E-state index in [-0.39, 0.29) is 42.6 Å². The van der Waals surface area contributed by atoms with E-state index >= 15 is 0 Å². The Labute approximate surface area is 181 Å². The Morgan fingerprint density at radius 1 is 1.10 bits per heavy atom. The van der Waals surface area contributed by atoms with E-state index in [0.717, 1.165) is 27.3 Å². The Morgan fingerprint density at radius 3 is 2.45 bits per heavy atom. The van der Waals surface area contributed by atoms with E-state index in [0.29, 0.717) is 18.7 Å². The second-order valence-electron chi connectivity index (χ2n) is 8.07. The summed E-state index contributed by atoms with van der Waals surface area (Å²) in [6.45, 7) is 3.98. The number of carbonyl (C=O) groups excluding carboxylic acids is 3. The van der Waals surface area contributed by atoms with Gasteiger partial charge in [-0.05, 0) is 49.4 Å². The van der Waals surface area contributed by atoms with Crippen LogP contribution in [-0.2, 0) is 20.9 Å². The van der Waals surface area contributed by atoms with E-state index in [1.807, 2.05) is 50.3 Å². The zero-order valence-corrected chi connectivity index (χ0v) is 17.6. The molecule has 2 heterocycles. The van der Waals surface area contributed by atoms with Crippen LogP contribution in [0.5, 0.6) is 11.6 Å². The molecular formula is C24H25N3O4. The smallest absolute Gasteiger partial charge is 0.240 e. The molecule has 0 spiro atoms. The average Bonchev–Trinajstić information content (AvgIpc) is 3.01. The third-order valence-electron chi connectivity index (χ3n) is 5.75. The van der Waals surface area contributed by atoms with Crippen molar-refractivity contribution in [3.8, 4) is 11.6 Å². The first-order chi connectivity index (χ1) is 14.9. The minimum atomic E-state index is -0.371. The van der Waals surface area contributed by atoms with Crippen molar-refractivity contribution in [2.24, 2.45) is 11.8 Å². The Hall–Kier alpha value is -3.48. The van der Waals surface area contributed by atoms with Crippen LogP contribution in [0, 0.1) is 25.7 Å². The van der Waals surface area contributed by atoms with Crippen LogP contribution in [0.2, 0.25) is 0 Å². The zero-order chi connectivity index (χ0) is 22.0. The van der Waals surface area contributed by atoms with Crippen LogP contribution in [0.4, 0.5) is 0 Å². The van der Waals surface area contributed by atoms with Crippen molar-refractivity contribution >= 4 is 17.7 Å². The Kier molecular flexibility index (Phi) is 5.84. The third-order valence-corrected chi connectivity index (χ3v) is 5.75. The lowest BCUT2D eigenvalue weighted by atomic mass is 9.85. The molecule has 1 saturated heterocycles. The van der Waals surface area contributed by atoms with Gasteiger partial charge in [0.25, 0.3) is 0 Å². The number of carbonyl (C=O) groups is 3. The topological polar surface area (TPSA) is 88.6 Å². The van der Waals surface area contributed by atoms with E-state index in [9.17, 15) is 14.4 Å². The average molecular weight is 419 g/mol. The van der Waals surface area contributed by atoms with E-state index in [1.165, 1.54) is 0 Å². The number of nitrogens with one attached hydrogen (secondary N) is 1. The van der Waals surface area contributed by atoms with Gasteiger partial charge >= 0.3 is 0 Å². The number of likely N-dealkylation sites (tertiary alicyclic amines) is 1. The van der Waals surface area contributed by atoms with Crippen molar-refractivity contribution in [2.75, 3.05) is 6.54 Å². The molecule has 2 aromatic rings. The summed E-state index contributed by atoms with van der Waals surface area (Å²) in [5.41, 5.74) is 2.91. The molecule has 1 aromatic carbocycles. The van der Waals surface area contributed by atoms with Gasteiger partial charge < -0.3 is 10.1 Å². The summed E-state index contributed by atoms with van der Waals surface area (Å²) in [5, 5.41) is 2.75. The first-order valence-corrected chi connectivity index (χ1v) is 10.4. The van der Waals surface area contributed by atoms with Gasteiger partial charge in [0.1, 0.15) is 12.3 Å². The third kappa shape index (κ3) is 4.50. The second kappa shape index (κ2) is 8.71. The number of pyridine rings is 1. The molecule has 160 valence electrons. The molecule has 4 rings (SSSR count). The SMILES string of the molecule is Cc1ccc(C)c(Oc2ccc(CNC(=O)CN3C(=O)[C@H]4CC=CC[C@H]4C3=O)cn2)c1. The van der Waals surface area contributed by atoms with Gasteiger partial charge in [0.05, 0.1) is 11.8 Å². The van der Waals surface area contributed by atoms with Crippen LogP contribution in [-0.4, -0.2) is 34.2 Å². The Morgan fingerprint density at radius 2 is 1.81 bits per heavy atom. The summed E-state index contributed by atoms with van der Waals surface area (Å²) in [4.78, 5) is 42.6. The van der Waals surface area contributed by atoms with E-state index < -0.39 is 0 Å². The number of aromatic nitrogens is 1. The number of allylic oxidation sites excluding steroid dienone is 2. The van der Waals surface area contributed by atoms with Crippen molar-refractivity contribution in [1.29, 1.82) is 0 Å². The number of amides is 3. The zero-order valence-electron chi connectivity index (χ0n) is 17.6. The predicted molar refractivity (Wildman–Crippen MR) is 114 cm³/mol. The van der Waals surface area contributed by atoms with Gasteiger partial charge in [-0.1, -0.05) is 30.4 Å². The molecule has 0 saturated carbocycles. The lowest BCUT2D eigenvalue weighted by molar-refractivity contribution is -0.143. The number of imide groups is 1. The van der Waals surface area contributed by atoms with Crippen molar-refractivity contribution in [3.05, 3.63) is 65.4 Å². The van der Waals surface area contributed by atoms with Gasteiger partial charge in [0.15, 0.2) is 0 Å². The molecule has 7 nitrogen and oxygen atoms in total. The first kappa shape index (κ1) is 20.8. The number of benzene rings is 1. The molecule has 1 fully saturated rings. The van der Waals surface area contributed by atoms with E-state index in [2.05, 4.69) is 10.3 Å². The molecule has 2 atom stereocenters. The summed E-state index contributed by atoms with van der Waals surface area (Å²) in [6.07, 6.45) is 6.62. The summed E-state index contributed by atoms with van der Waals surface area (Å²) in [7, 11) is 0. The Bertz CT molecular complexity index is 1020. The number of nitrogens with zero attached hydrogens (tertiary/aromatic N) is 2. The minimum Gasteiger partial charge on any atom is -0.439 e. The van der Waals surface area contributed by atoms with Gasteiger partial charge in [-0.3, -0.25) is 19.3 Å². The molecule has 3 amide bonds. The molecule has 31 heavy (non-hydrogen) atoms. The highest BCUT2D eigenvalue weighted by atomic mass is 16.5. The van der Waals surface area contributed by atoms with Crippen LogP contribution in [0.1, 0.15) is 29.5 Å². The number of aryl methyl sites for hydroxylation is 2. The predicted octanol–water partition coefficient (Wildman–Crippen LogP) is 3.06. The van der Waals surface area contributed by atoms with E-state index in [1.54, 1.807) is 12.3 Å². The molecule has 7 heteroatoms. The second-order valence-corrected chi connectivity index (χ2v) is 8.07. The fraction of sp³-hybridized carbons (Fsp3) is 0.333. The van der Waals surface area contributed by atoms with Gasteiger partial charge in [0.2, 0.25) is 23.6 Å². The Balaban J connectivity index is 1.30. The molecule has 1 N–H and O–H groups in total. The molecule has 0 unspecified atom stereocenters. The van der Waals surface area contributed by atoms with E-state index in [4.69, 9.17) is 4.74 Å². The number of ether oxygens (including phenoxy) is 1. The largest absolute Gasteiger partial charge is 0.439 e. The molecule has 2 aliphatic rings. The van der Waals surface area contributed by atoms with Crippen LogP contribution < -0.4 is 10.1 Å². The summed E-state index contributed by atoms with van der Waals surface area (Å²) in [5.74, 6) is -0.284. The maximum Gasteiger partial charge on any atom is 0.240 e. The van der Waals surface area contributed by atoms with Gasteiger partial charge in [0, 0.05) is 18.8 Å². The van der Waals surface area contributed by atoms with Gasteiger partial charge in [-0.25, -0.2) is 4.98 Å². The number of hydrogen-bond acceptors (Lipinski definition) is 5. The summed E-state index contributed by atoms with van der Waals surface area (Å²) < 4.78 is 5.84.